The van der Waals surface area contributed by atoms with E-state index in [4.69, 9.17) is 0 Å². The van der Waals surface area contributed by atoms with Crippen LogP contribution < -0.4 is 10.2 Å². The van der Waals surface area contributed by atoms with Gasteiger partial charge in [0.25, 0.3) is 0 Å². The van der Waals surface area contributed by atoms with Gasteiger partial charge in [0.05, 0.1) is 21.8 Å². The van der Waals surface area contributed by atoms with Crippen LogP contribution >= 0.6 is 0 Å². The molecule has 1 saturated heterocycles. The highest BCUT2D eigenvalue weighted by atomic mass is 32.2. The van der Waals surface area contributed by atoms with Gasteiger partial charge in [0.2, 0.25) is 15.9 Å². The minimum absolute atomic E-state index is 0.0467. The molecule has 0 aromatic heterocycles. The molecule has 1 aliphatic rings. The van der Waals surface area contributed by atoms with Crippen LogP contribution in [0.2, 0.25) is 0 Å². The second-order valence-electron chi connectivity index (χ2n) is 8.37. The Balaban J connectivity index is 1.70. The summed E-state index contributed by atoms with van der Waals surface area (Å²) < 4.78 is 66.5. The number of rotatable bonds is 6. The van der Waals surface area contributed by atoms with E-state index in [0.717, 1.165) is 12.1 Å². The van der Waals surface area contributed by atoms with Crippen molar-refractivity contribution >= 4 is 33.1 Å². The molecule has 1 fully saturated rings. The molecule has 0 radical (unpaired) electrons. The smallest absolute Gasteiger partial charge is 0.376 e. The molecule has 0 atom stereocenters. The summed E-state index contributed by atoms with van der Waals surface area (Å²) >= 11 is 0. The minimum atomic E-state index is -4.55. The topological polar surface area (TPSA) is 86.8 Å². The van der Waals surface area contributed by atoms with Crippen LogP contribution in [-0.4, -0.2) is 51.6 Å². The molecule has 1 heterocycles. The van der Waals surface area contributed by atoms with Gasteiger partial charge in [-0.2, -0.15) is 17.5 Å². The fourth-order valence-electron chi connectivity index (χ4n) is 3.81. The number of piperidine rings is 1. The predicted octanol–water partition coefficient (Wildman–Crippen LogP) is 4.01. The van der Waals surface area contributed by atoms with Crippen molar-refractivity contribution in [2.75, 3.05) is 37.4 Å². The van der Waals surface area contributed by atoms with Gasteiger partial charge < -0.3 is 10.2 Å². The Bertz CT molecular complexity index is 1170. The Kier molecular flexibility index (Phi) is 7.37. The lowest BCUT2D eigenvalue weighted by Gasteiger charge is -2.31. The van der Waals surface area contributed by atoms with E-state index in [2.05, 4.69) is 5.32 Å². The first kappa shape index (κ1) is 25.7. The van der Waals surface area contributed by atoms with E-state index in [0.29, 0.717) is 11.3 Å². The highest BCUT2D eigenvalue weighted by molar-refractivity contribution is 7.89. The Morgan fingerprint density at radius 2 is 1.62 bits per heavy atom. The van der Waals surface area contributed by atoms with Crippen LogP contribution in [-0.2, 0) is 21.0 Å². The fourth-order valence-corrected chi connectivity index (χ4v) is 5.28. The lowest BCUT2D eigenvalue weighted by molar-refractivity contribution is -0.137. The average Bonchev–Trinajstić information content (AvgIpc) is 2.78. The summed E-state index contributed by atoms with van der Waals surface area (Å²) in [4.78, 5) is 25.9. The molecule has 2 aromatic carbocycles. The maximum absolute atomic E-state index is 13.1. The van der Waals surface area contributed by atoms with Crippen LogP contribution in [0.3, 0.4) is 0 Å². The van der Waals surface area contributed by atoms with E-state index in [1.165, 1.54) is 41.6 Å². The van der Waals surface area contributed by atoms with E-state index < -0.39 is 33.6 Å². The van der Waals surface area contributed by atoms with Crippen molar-refractivity contribution in [3.05, 3.63) is 53.6 Å². The summed E-state index contributed by atoms with van der Waals surface area (Å²) in [6, 6.07) is 8.81. The van der Waals surface area contributed by atoms with Gasteiger partial charge in [-0.3, -0.25) is 9.59 Å². The molecule has 1 aliphatic heterocycles. The molecule has 0 spiro atoms. The number of nitrogens with one attached hydrogen (secondary N) is 1. The maximum Gasteiger partial charge on any atom is 0.416 e. The molecular weight excluding hydrogens is 471 g/mol. The van der Waals surface area contributed by atoms with Crippen LogP contribution in [0.5, 0.6) is 0 Å². The normalized spacial score (nSPS) is 15.7. The molecule has 34 heavy (non-hydrogen) atoms. The van der Waals surface area contributed by atoms with Gasteiger partial charge in [-0.15, -0.1) is 0 Å². The number of carbonyl (C=O) groups is 2. The summed E-state index contributed by atoms with van der Waals surface area (Å²) in [5, 5.41) is 2.60. The number of halogens is 3. The largest absolute Gasteiger partial charge is 0.416 e. The van der Waals surface area contributed by atoms with E-state index in [-0.39, 0.29) is 42.3 Å². The molecule has 184 valence electrons. The molecule has 0 unspecified atom stereocenters. The first-order valence-electron chi connectivity index (χ1n) is 10.6. The van der Waals surface area contributed by atoms with Crippen molar-refractivity contribution in [3.8, 4) is 0 Å². The molecule has 7 nitrogen and oxygen atoms in total. The molecule has 11 heteroatoms. The van der Waals surface area contributed by atoms with Gasteiger partial charge in [-0.05, 0) is 50.1 Å². The zero-order valence-corrected chi connectivity index (χ0v) is 19.8. The minimum Gasteiger partial charge on any atom is -0.376 e. The molecular formula is C23H26F3N3O4S. The number of sulfonamides is 1. The number of alkyl halides is 3. The summed E-state index contributed by atoms with van der Waals surface area (Å²) in [5.74, 6) is -1.17. The van der Waals surface area contributed by atoms with Gasteiger partial charge in [-0.25, -0.2) is 8.42 Å². The van der Waals surface area contributed by atoms with Gasteiger partial charge in [-0.1, -0.05) is 12.1 Å². The first-order chi connectivity index (χ1) is 15.8. The monoisotopic (exact) mass is 497 g/mol. The molecule has 0 aliphatic carbocycles. The molecule has 1 N–H and O–H groups in total. The van der Waals surface area contributed by atoms with Crippen LogP contribution in [0, 0.1) is 5.92 Å². The highest BCUT2D eigenvalue weighted by Crippen LogP contribution is 2.35. The van der Waals surface area contributed by atoms with Crippen LogP contribution in [0.1, 0.15) is 35.7 Å². The van der Waals surface area contributed by atoms with Gasteiger partial charge in [0.1, 0.15) is 0 Å². The van der Waals surface area contributed by atoms with E-state index in [1.807, 2.05) is 0 Å². The Morgan fingerprint density at radius 3 is 2.12 bits per heavy atom. The molecule has 1 amide bonds. The molecule has 3 rings (SSSR count). The quantitative estimate of drug-likeness (QED) is 0.610. The molecule has 2 aromatic rings. The number of amides is 1. The summed E-state index contributed by atoms with van der Waals surface area (Å²) in [6.07, 6.45) is -4.09. The summed E-state index contributed by atoms with van der Waals surface area (Å²) in [5.41, 5.74) is 0.00641. The zero-order chi connectivity index (χ0) is 25.3. The lowest BCUT2D eigenvalue weighted by Crippen LogP contribution is -2.41. The lowest BCUT2D eigenvalue weighted by atomic mass is 9.97. The SMILES string of the molecule is CC(=O)c1ccc(S(=O)(=O)N2CCC(C(=O)Nc3cc(C(F)(F)F)ccc3N(C)C)CC2)cc1. The standard InChI is InChI=1S/C23H26F3N3O4S/c1-15(30)16-4-7-19(8-5-16)34(32,33)29-12-10-17(11-13-29)22(31)27-20-14-18(23(24,25)26)6-9-21(20)28(2)3/h4-9,14,17H,10-13H2,1-3H3,(H,27,31). The Hall–Kier alpha value is -2.92. The number of Topliss-reactive ketones (excluding diaryl/α,β-unsaturated/α-hetero) is 1. The fraction of sp³-hybridized carbons (Fsp3) is 0.391. The second kappa shape index (κ2) is 9.75. The van der Waals surface area contributed by atoms with Crippen molar-refractivity contribution in [1.82, 2.24) is 4.31 Å². The molecule has 0 saturated carbocycles. The zero-order valence-electron chi connectivity index (χ0n) is 19.0. The first-order valence-corrected chi connectivity index (χ1v) is 12.1. The van der Waals surface area contributed by atoms with Crippen molar-refractivity contribution in [2.45, 2.75) is 30.8 Å². The van der Waals surface area contributed by atoms with Crippen LogP contribution in [0.25, 0.3) is 0 Å². The van der Waals surface area contributed by atoms with Crippen molar-refractivity contribution in [3.63, 3.8) is 0 Å². The van der Waals surface area contributed by atoms with Gasteiger partial charge >= 0.3 is 6.18 Å². The maximum atomic E-state index is 13.1. The number of carbonyl (C=O) groups excluding carboxylic acids is 2. The van der Waals surface area contributed by atoms with Gasteiger partial charge in [0.15, 0.2) is 5.78 Å². The second-order valence-corrected chi connectivity index (χ2v) is 10.3. The van der Waals surface area contributed by atoms with Crippen LogP contribution in [0.4, 0.5) is 24.5 Å². The third kappa shape index (κ3) is 5.58. The van der Waals surface area contributed by atoms with Crippen LogP contribution in [0.15, 0.2) is 47.4 Å². The Labute approximate surface area is 196 Å². The number of anilines is 2. The number of ketones is 1. The van der Waals surface area contributed by atoms with E-state index in [1.54, 1.807) is 19.0 Å². The highest BCUT2D eigenvalue weighted by Gasteiger charge is 2.34. The predicted molar refractivity (Wildman–Crippen MR) is 122 cm³/mol. The summed E-state index contributed by atoms with van der Waals surface area (Å²) in [7, 11) is -0.479. The number of hydrogen-bond donors (Lipinski definition) is 1. The Morgan fingerprint density at radius 1 is 1.03 bits per heavy atom. The van der Waals surface area contributed by atoms with Crippen molar-refractivity contribution in [1.29, 1.82) is 0 Å². The third-order valence-corrected chi connectivity index (χ3v) is 7.70. The summed E-state index contributed by atoms with van der Waals surface area (Å²) in [6.45, 7) is 1.58. The van der Waals surface area contributed by atoms with Gasteiger partial charge in [0, 0.05) is 38.7 Å². The average molecular weight is 498 g/mol. The third-order valence-electron chi connectivity index (χ3n) is 5.79. The van der Waals surface area contributed by atoms with E-state index in [9.17, 15) is 31.2 Å². The number of benzene rings is 2. The van der Waals surface area contributed by atoms with Crippen molar-refractivity contribution in [2.24, 2.45) is 5.92 Å². The van der Waals surface area contributed by atoms with E-state index >= 15 is 0 Å². The number of nitrogens with zero attached hydrogens (tertiary/aromatic N) is 2. The van der Waals surface area contributed by atoms with Crippen molar-refractivity contribution < 1.29 is 31.2 Å². The molecule has 0 bridgehead atoms. The number of hydrogen-bond acceptors (Lipinski definition) is 5.